The lowest BCUT2D eigenvalue weighted by atomic mass is 9.85. The summed E-state index contributed by atoms with van der Waals surface area (Å²) >= 11 is 0. The Kier molecular flexibility index (Phi) is 5.74. The summed E-state index contributed by atoms with van der Waals surface area (Å²) in [4.78, 5) is 16.9. The van der Waals surface area contributed by atoms with Gasteiger partial charge in [-0.3, -0.25) is 4.79 Å². The molecule has 2 aliphatic rings. The number of aromatic hydroxyl groups is 1. The average Bonchev–Trinajstić information content (AvgIpc) is 3.18. The third kappa shape index (κ3) is 4.17. The molecule has 1 fully saturated rings. The Morgan fingerprint density at radius 3 is 2.87 bits per heavy atom. The molecule has 1 amide bonds. The lowest BCUT2D eigenvalue weighted by Gasteiger charge is -2.29. The number of nitrogens with one attached hydrogen (secondary N) is 2. The van der Waals surface area contributed by atoms with Gasteiger partial charge in [0.1, 0.15) is 17.2 Å². The summed E-state index contributed by atoms with van der Waals surface area (Å²) < 4.78 is 5.50. The van der Waals surface area contributed by atoms with Gasteiger partial charge in [0.15, 0.2) is 0 Å². The van der Waals surface area contributed by atoms with Crippen molar-refractivity contribution in [3.63, 3.8) is 0 Å². The first-order valence-electron chi connectivity index (χ1n) is 10.7. The fourth-order valence-electron chi connectivity index (χ4n) is 4.31. The zero-order valence-corrected chi connectivity index (χ0v) is 17.7. The van der Waals surface area contributed by atoms with Gasteiger partial charge in [-0.15, -0.1) is 10.2 Å². The number of anilines is 1. The van der Waals surface area contributed by atoms with Crippen molar-refractivity contribution in [1.29, 1.82) is 0 Å². The summed E-state index contributed by atoms with van der Waals surface area (Å²) in [7, 11) is 0. The van der Waals surface area contributed by atoms with Crippen molar-refractivity contribution in [2.45, 2.75) is 65.0 Å². The Hall–Kier alpha value is -2.90. The molecule has 2 atom stereocenters. The number of rotatable bonds is 5. The van der Waals surface area contributed by atoms with Crippen LogP contribution in [0.1, 0.15) is 50.8 Å². The van der Waals surface area contributed by atoms with Gasteiger partial charge in [0.25, 0.3) is 0 Å². The molecule has 1 aromatic carbocycles. The van der Waals surface area contributed by atoms with E-state index in [4.69, 9.17) is 4.74 Å². The molecule has 3 N–H and O–H groups in total. The molecule has 2 aromatic rings. The van der Waals surface area contributed by atoms with Gasteiger partial charge >= 0.3 is 0 Å². The number of fused-ring (bicyclic) bond motifs is 1. The van der Waals surface area contributed by atoms with Gasteiger partial charge in [-0.05, 0) is 52.2 Å². The van der Waals surface area contributed by atoms with Gasteiger partial charge in [-0.25, -0.2) is 4.98 Å². The molecule has 1 saturated carbocycles. The van der Waals surface area contributed by atoms with E-state index >= 15 is 0 Å². The maximum Gasteiger partial charge on any atom is 0.243 e. The van der Waals surface area contributed by atoms with Crippen LogP contribution < -0.4 is 15.4 Å². The monoisotopic (exact) mass is 411 g/mol. The maximum absolute atomic E-state index is 12.4. The van der Waals surface area contributed by atoms with Crippen LogP contribution in [-0.4, -0.2) is 44.9 Å². The van der Waals surface area contributed by atoms with E-state index in [1.807, 2.05) is 26.8 Å². The molecule has 0 radical (unpaired) electrons. The Morgan fingerprint density at radius 2 is 2.10 bits per heavy atom. The number of hydrogen-bond donors (Lipinski definition) is 3. The fraction of sp³-hybridized carbons (Fsp3) is 0.545. The molecule has 0 spiro atoms. The van der Waals surface area contributed by atoms with Gasteiger partial charge in [0.05, 0.1) is 12.3 Å². The Balaban J connectivity index is 1.47. The molecule has 1 aromatic heterocycles. The lowest BCUT2D eigenvalue weighted by Crippen LogP contribution is -2.40. The van der Waals surface area contributed by atoms with Crippen molar-refractivity contribution < 1.29 is 14.6 Å². The molecule has 0 unspecified atom stereocenters. The van der Waals surface area contributed by atoms with Crippen LogP contribution in [0.2, 0.25) is 0 Å². The van der Waals surface area contributed by atoms with Crippen LogP contribution in [0.15, 0.2) is 12.1 Å². The molecule has 1 aliphatic carbocycles. The first kappa shape index (κ1) is 20.4. The van der Waals surface area contributed by atoms with Crippen LogP contribution >= 0.6 is 0 Å². The zero-order valence-electron chi connectivity index (χ0n) is 17.7. The van der Waals surface area contributed by atoms with Crippen LogP contribution in [0.4, 0.5) is 5.95 Å². The van der Waals surface area contributed by atoms with Crippen molar-refractivity contribution in [3.8, 4) is 22.8 Å². The Bertz CT molecular complexity index is 947. The van der Waals surface area contributed by atoms with Crippen molar-refractivity contribution in [2.24, 2.45) is 5.92 Å². The van der Waals surface area contributed by atoms with Crippen LogP contribution in [0.3, 0.4) is 0 Å². The number of aromatic nitrogens is 3. The highest BCUT2D eigenvalue weighted by molar-refractivity contribution is 5.79. The summed E-state index contributed by atoms with van der Waals surface area (Å²) in [5, 5.41) is 25.6. The summed E-state index contributed by atoms with van der Waals surface area (Å²) in [6.45, 7) is 6.39. The standard InChI is InChI=1S/C22H29N5O3/c1-12(2)23-21(29)14-5-4-6-15(11-14)25-22-24-13(3)19(26-27-22)17-7-8-18-16(20(17)28)9-10-30-18/h7-8,12,14-15,28H,4-6,9-11H2,1-3H3,(H,23,29)(H,24,25,27)/t14-,15+/m0/s1. The minimum Gasteiger partial charge on any atom is -0.507 e. The van der Waals surface area contributed by atoms with E-state index in [1.165, 1.54) is 0 Å². The van der Waals surface area contributed by atoms with Crippen molar-refractivity contribution in [2.75, 3.05) is 11.9 Å². The minimum atomic E-state index is 0.0116. The average molecular weight is 412 g/mol. The van der Waals surface area contributed by atoms with Gasteiger partial charge in [0, 0.05) is 35.5 Å². The predicted octanol–water partition coefficient (Wildman–Crippen LogP) is 2.98. The van der Waals surface area contributed by atoms with Gasteiger partial charge in [-0.1, -0.05) is 6.42 Å². The molecule has 0 saturated heterocycles. The molecule has 8 heteroatoms. The largest absolute Gasteiger partial charge is 0.507 e. The molecule has 4 rings (SSSR count). The van der Waals surface area contributed by atoms with Crippen LogP contribution in [-0.2, 0) is 11.2 Å². The van der Waals surface area contributed by atoms with E-state index < -0.39 is 0 Å². The summed E-state index contributed by atoms with van der Waals surface area (Å²) in [5.41, 5.74) is 2.67. The number of carbonyl (C=O) groups excluding carboxylic acids is 1. The van der Waals surface area contributed by atoms with Crippen molar-refractivity contribution in [1.82, 2.24) is 20.5 Å². The van der Waals surface area contributed by atoms with Gasteiger partial charge in [-0.2, -0.15) is 0 Å². The molecule has 8 nitrogen and oxygen atoms in total. The SMILES string of the molecule is Cc1nc(N[C@@H]2CCC[C@H](C(=O)NC(C)C)C2)nnc1-c1ccc2c(c1O)CCO2. The molecular formula is C22H29N5O3. The summed E-state index contributed by atoms with van der Waals surface area (Å²) in [6, 6.07) is 3.94. The van der Waals surface area contributed by atoms with E-state index in [1.54, 1.807) is 6.07 Å². The van der Waals surface area contributed by atoms with Crippen LogP contribution in [0, 0.1) is 12.8 Å². The van der Waals surface area contributed by atoms with E-state index in [0.717, 1.165) is 37.0 Å². The number of amides is 1. The second-order valence-electron chi connectivity index (χ2n) is 8.47. The Morgan fingerprint density at radius 1 is 1.27 bits per heavy atom. The lowest BCUT2D eigenvalue weighted by molar-refractivity contribution is -0.126. The number of hydrogen-bond acceptors (Lipinski definition) is 7. The number of nitrogens with zero attached hydrogens (tertiary/aromatic N) is 3. The second-order valence-corrected chi connectivity index (χ2v) is 8.47. The topological polar surface area (TPSA) is 109 Å². The number of benzene rings is 1. The number of aryl methyl sites for hydroxylation is 1. The zero-order chi connectivity index (χ0) is 21.3. The van der Waals surface area contributed by atoms with Crippen molar-refractivity contribution in [3.05, 3.63) is 23.4 Å². The molecular weight excluding hydrogens is 382 g/mol. The van der Waals surface area contributed by atoms with Crippen LogP contribution in [0.25, 0.3) is 11.3 Å². The van der Waals surface area contributed by atoms with E-state index in [-0.39, 0.29) is 29.7 Å². The highest BCUT2D eigenvalue weighted by Gasteiger charge is 2.28. The Labute approximate surface area is 176 Å². The smallest absolute Gasteiger partial charge is 0.243 e. The molecule has 30 heavy (non-hydrogen) atoms. The highest BCUT2D eigenvalue weighted by Crippen LogP contribution is 2.40. The summed E-state index contributed by atoms with van der Waals surface area (Å²) in [5.74, 6) is 1.50. The number of phenolic OH excluding ortho intramolecular Hbond substituents is 1. The quantitative estimate of drug-likeness (QED) is 0.694. The second kappa shape index (κ2) is 8.45. The van der Waals surface area contributed by atoms with Gasteiger partial charge in [0.2, 0.25) is 11.9 Å². The third-order valence-corrected chi connectivity index (χ3v) is 5.77. The van der Waals surface area contributed by atoms with Gasteiger partial charge < -0.3 is 20.5 Å². The van der Waals surface area contributed by atoms with Crippen LogP contribution in [0.5, 0.6) is 11.5 Å². The number of ether oxygens (including phenoxy) is 1. The minimum absolute atomic E-state index is 0.0116. The maximum atomic E-state index is 12.4. The van der Waals surface area contributed by atoms with Crippen molar-refractivity contribution >= 4 is 11.9 Å². The molecule has 1 aliphatic heterocycles. The molecule has 160 valence electrons. The highest BCUT2D eigenvalue weighted by atomic mass is 16.5. The first-order valence-corrected chi connectivity index (χ1v) is 10.7. The normalized spacial score (nSPS) is 20.5. The van der Waals surface area contributed by atoms with E-state index in [0.29, 0.717) is 35.9 Å². The molecule has 0 bridgehead atoms. The predicted molar refractivity (Wildman–Crippen MR) is 114 cm³/mol. The first-order chi connectivity index (χ1) is 14.4. The third-order valence-electron chi connectivity index (χ3n) is 5.77. The number of carbonyl (C=O) groups is 1. The number of phenols is 1. The van der Waals surface area contributed by atoms with E-state index in [9.17, 15) is 9.90 Å². The molecule has 2 heterocycles. The fourth-order valence-corrected chi connectivity index (χ4v) is 4.31. The van der Waals surface area contributed by atoms with E-state index in [2.05, 4.69) is 25.8 Å². The summed E-state index contributed by atoms with van der Waals surface area (Å²) in [6.07, 6.45) is 4.32.